The molecule has 112 valence electrons. The predicted molar refractivity (Wildman–Crippen MR) is 63.5 cm³/mol. The summed E-state index contributed by atoms with van der Waals surface area (Å²) in [5.41, 5.74) is -0.316. The lowest BCUT2D eigenvalue weighted by Crippen LogP contribution is -2.16. The lowest BCUT2D eigenvalue weighted by molar-refractivity contribution is -0.274. The number of halogens is 6. The molecule has 0 spiro atoms. The van der Waals surface area contributed by atoms with E-state index >= 15 is 0 Å². The molecule has 0 aliphatic rings. The van der Waals surface area contributed by atoms with Crippen molar-refractivity contribution < 1.29 is 31.1 Å². The fraction of sp³-hybridized carbons (Fsp3) is 0.143. The minimum atomic E-state index is -4.84. The molecule has 2 aromatic rings. The Morgan fingerprint density at radius 3 is 2.05 bits per heavy atom. The quantitative estimate of drug-likeness (QED) is 0.696. The highest BCUT2D eigenvalue weighted by molar-refractivity contribution is 5.68. The van der Waals surface area contributed by atoms with Crippen molar-refractivity contribution in [2.24, 2.45) is 0 Å². The summed E-state index contributed by atoms with van der Waals surface area (Å²) in [6.45, 7) is 0. The molecule has 0 fully saturated rings. The van der Waals surface area contributed by atoms with Gasteiger partial charge in [-0.05, 0) is 41.5 Å². The maximum absolute atomic E-state index is 13.2. The Labute approximate surface area is 115 Å². The SMILES string of the molecule is Fc1ccc(C(F)F)c(-c2ccc(OC(F)(F)F)cc2)c1. The van der Waals surface area contributed by atoms with Gasteiger partial charge in [0.25, 0.3) is 6.43 Å². The van der Waals surface area contributed by atoms with Gasteiger partial charge in [0.2, 0.25) is 0 Å². The van der Waals surface area contributed by atoms with Crippen LogP contribution in [0.1, 0.15) is 12.0 Å². The number of ether oxygens (including phenoxy) is 1. The number of hydrogen-bond donors (Lipinski definition) is 0. The van der Waals surface area contributed by atoms with Crippen LogP contribution in [0.4, 0.5) is 26.3 Å². The van der Waals surface area contributed by atoms with Gasteiger partial charge in [-0.15, -0.1) is 13.2 Å². The molecule has 0 saturated carbocycles. The molecule has 0 aromatic heterocycles. The van der Waals surface area contributed by atoms with E-state index in [1.54, 1.807) is 0 Å². The van der Waals surface area contributed by atoms with Crippen LogP contribution in [0.3, 0.4) is 0 Å². The van der Waals surface area contributed by atoms with E-state index in [0.717, 1.165) is 42.5 Å². The first kappa shape index (κ1) is 15.2. The zero-order chi connectivity index (χ0) is 15.6. The summed E-state index contributed by atoms with van der Waals surface area (Å²) in [7, 11) is 0. The number of hydrogen-bond acceptors (Lipinski definition) is 1. The fourth-order valence-corrected chi connectivity index (χ4v) is 1.80. The van der Waals surface area contributed by atoms with Crippen LogP contribution in [0.5, 0.6) is 5.75 Å². The van der Waals surface area contributed by atoms with E-state index in [1.165, 1.54) is 0 Å². The molecule has 21 heavy (non-hydrogen) atoms. The fourth-order valence-electron chi connectivity index (χ4n) is 1.80. The maximum Gasteiger partial charge on any atom is 0.573 e. The van der Waals surface area contributed by atoms with Gasteiger partial charge in [-0.2, -0.15) is 0 Å². The zero-order valence-electron chi connectivity index (χ0n) is 10.3. The van der Waals surface area contributed by atoms with Crippen LogP contribution >= 0.6 is 0 Å². The minimum absolute atomic E-state index is 0.0800. The van der Waals surface area contributed by atoms with Crippen LogP contribution in [0, 0.1) is 5.82 Å². The second-order valence-electron chi connectivity index (χ2n) is 4.10. The summed E-state index contributed by atoms with van der Waals surface area (Å²) < 4.78 is 78.6. The third-order valence-electron chi connectivity index (χ3n) is 2.65. The predicted octanol–water partition coefficient (Wildman–Crippen LogP) is 5.33. The van der Waals surface area contributed by atoms with Crippen LogP contribution in [0.15, 0.2) is 42.5 Å². The molecule has 0 aliphatic carbocycles. The largest absolute Gasteiger partial charge is 0.573 e. The second kappa shape index (κ2) is 5.67. The highest BCUT2D eigenvalue weighted by Crippen LogP contribution is 2.33. The van der Waals surface area contributed by atoms with Gasteiger partial charge in [-0.25, -0.2) is 13.2 Å². The molecule has 0 saturated heterocycles. The number of benzene rings is 2. The van der Waals surface area contributed by atoms with Gasteiger partial charge in [0, 0.05) is 5.56 Å². The van der Waals surface area contributed by atoms with Crippen LogP contribution in [0.25, 0.3) is 11.1 Å². The van der Waals surface area contributed by atoms with E-state index in [1.807, 2.05) is 0 Å². The summed E-state index contributed by atoms with van der Waals surface area (Å²) >= 11 is 0. The molecule has 0 aliphatic heterocycles. The number of alkyl halides is 5. The average molecular weight is 306 g/mol. The first-order valence-electron chi connectivity index (χ1n) is 5.70. The Morgan fingerprint density at radius 1 is 0.905 bits per heavy atom. The van der Waals surface area contributed by atoms with Crippen LogP contribution in [-0.4, -0.2) is 6.36 Å². The van der Waals surface area contributed by atoms with E-state index in [4.69, 9.17) is 0 Å². The standard InChI is InChI=1S/C14H8F6O/c15-9-3-6-11(13(16)17)12(7-9)8-1-4-10(5-2-8)21-14(18,19)20/h1-7,13H. The van der Waals surface area contributed by atoms with Crippen molar-refractivity contribution in [2.45, 2.75) is 12.8 Å². The first-order valence-corrected chi connectivity index (χ1v) is 5.70. The molecule has 0 unspecified atom stereocenters. The summed E-state index contributed by atoms with van der Waals surface area (Å²) in [4.78, 5) is 0. The van der Waals surface area contributed by atoms with Gasteiger partial charge in [0.05, 0.1) is 0 Å². The summed E-state index contributed by atoms with van der Waals surface area (Å²) in [6, 6.07) is 7.00. The van der Waals surface area contributed by atoms with Gasteiger partial charge < -0.3 is 4.74 Å². The van der Waals surface area contributed by atoms with Crippen molar-refractivity contribution in [1.82, 2.24) is 0 Å². The molecular weight excluding hydrogens is 298 g/mol. The Morgan fingerprint density at radius 2 is 1.52 bits per heavy atom. The Bertz CT molecular complexity index is 618. The second-order valence-corrected chi connectivity index (χ2v) is 4.10. The van der Waals surface area contributed by atoms with E-state index < -0.39 is 29.9 Å². The Kier molecular flexibility index (Phi) is 4.11. The topological polar surface area (TPSA) is 9.23 Å². The van der Waals surface area contributed by atoms with Gasteiger partial charge in [0.15, 0.2) is 0 Å². The molecule has 0 radical (unpaired) electrons. The molecular formula is C14H8F6O. The molecule has 0 atom stereocenters. The normalized spacial score (nSPS) is 11.8. The highest BCUT2D eigenvalue weighted by Gasteiger charge is 2.31. The molecule has 1 nitrogen and oxygen atoms in total. The lowest BCUT2D eigenvalue weighted by Gasteiger charge is -2.11. The summed E-state index contributed by atoms with van der Waals surface area (Å²) in [5.74, 6) is -1.20. The molecule has 7 heteroatoms. The van der Waals surface area contributed by atoms with E-state index in [2.05, 4.69) is 4.74 Å². The van der Waals surface area contributed by atoms with Gasteiger partial charge in [0.1, 0.15) is 11.6 Å². The van der Waals surface area contributed by atoms with E-state index in [0.29, 0.717) is 0 Å². The Balaban J connectivity index is 2.37. The Hall–Kier alpha value is -2.18. The maximum atomic E-state index is 13.2. The van der Waals surface area contributed by atoms with Crippen LogP contribution in [-0.2, 0) is 0 Å². The molecule has 0 amide bonds. The van der Waals surface area contributed by atoms with Crippen LogP contribution in [0.2, 0.25) is 0 Å². The van der Waals surface area contributed by atoms with E-state index in [-0.39, 0.29) is 11.1 Å². The van der Waals surface area contributed by atoms with Crippen molar-refractivity contribution in [3.63, 3.8) is 0 Å². The third-order valence-corrected chi connectivity index (χ3v) is 2.65. The monoisotopic (exact) mass is 306 g/mol. The van der Waals surface area contributed by atoms with Crippen molar-refractivity contribution in [3.8, 4) is 16.9 Å². The van der Waals surface area contributed by atoms with Crippen molar-refractivity contribution in [1.29, 1.82) is 0 Å². The molecule has 0 N–H and O–H groups in total. The molecule has 2 aromatic carbocycles. The molecule has 0 bridgehead atoms. The van der Waals surface area contributed by atoms with Crippen molar-refractivity contribution in [3.05, 3.63) is 53.8 Å². The van der Waals surface area contributed by atoms with Crippen LogP contribution < -0.4 is 4.74 Å². The average Bonchev–Trinajstić information content (AvgIpc) is 2.37. The van der Waals surface area contributed by atoms with Gasteiger partial charge in [-0.1, -0.05) is 12.1 Å². The third kappa shape index (κ3) is 3.90. The summed E-state index contributed by atoms with van der Waals surface area (Å²) in [6.07, 6.45) is -7.67. The van der Waals surface area contributed by atoms with Crippen molar-refractivity contribution in [2.75, 3.05) is 0 Å². The van der Waals surface area contributed by atoms with Gasteiger partial charge >= 0.3 is 6.36 Å². The highest BCUT2D eigenvalue weighted by atomic mass is 19.4. The zero-order valence-corrected chi connectivity index (χ0v) is 10.3. The minimum Gasteiger partial charge on any atom is -0.406 e. The lowest BCUT2D eigenvalue weighted by atomic mass is 9.99. The van der Waals surface area contributed by atoms with Crippen molar-refractivity contribution >= 4 is 0 Å². The smallest absolute Gasteiger partial charge is 0.406 e. The summed E-state index contributed by atoms with van der Waals surface area (Å²) in [5, 5.41) is 0. The number of rotatable bonds is 3. The van der Waals surface area contributed by atoms with E-state index in [9.17, 15) is 26.3 Å². The molecule has 2 rings (SSSR count). The van der Waals surface area contributed by atoms with Gasteiger partial charge in [-0.3, -0.25) is 0 Å². The molecule has 0 heterocycles. The first-order chi connectivity index (χ1) is 9.76.